The van der Waals surface area contributed by atoms with Crippen LogP contribution >= 0.6 is 0 Å². The minimum atomic E-state index is -0.336. The van der Waals surface area contributed by atoms with Crippen molar-refractivity contribution in [2.45, 2.75) is 0 Å². The molecule has 12 heavy (non-hydrogen) atoms. The van der Waals surface area contributed by atoms with Gasteiger partial charge >= 0.3 is 5.69 Å². The van der Waals surface area contributed by atoms with E-state index in [2.05, 4.69) is 15.5 Å². The van der Waals surface area contributed by atoms with E-state index in [0.29, 0.717) is 5.82 Å². The summed E-state index contributed by atoms with van der Waals surface area (Å²) in [4.78, 5) is 11.0. The molecule has 0 amide bonds. The van der Waals surface area contributed by atoms with Gasteiger partial charge in [-0.25, -0.2) is 9.89 Å². The summed E-state index contributed by atoms with van der Waals surface area (Å²) in [5.74, 6) is 0.689. The molecule has 0 radical (unpaired) electrons. The Morgan fingerprint density at radius 2 is 2.42 bits per heavy atom. The van der Waals surface area contributed by atoms with Gasteiger partial charge in [-0.1, -0.05) is 0 Å². The van der Waals surface area contributed by atoms with Crippen LogP contribution in [0.2, 0.25) is 0 Å². The predicted molar refractivity (Wildman–Crippen MR) is 41.0 cm³/mol. The van der Waals surface area contributed by atoms with Gasteiger partial charge in [0.15, 0.2) is 0 Å². The van der Waals surface area contributed by atoms with Crippen LogP contribution in [0.25, 0.3) is 5.82 Å². The van der Waals surface area contributed by atoms with Crippen LogP contribution in [0.3, 0.4) is 0 Å². The minimum Gasteiger partial charge on any atom is -0.336 e. The van der Waals surface area contributed by atoms with Crippen molar-refractivity contribution in [1.82, 2.24) is 24.8 Å². The highest BCUT2D eigenvalue weighted by Crippen LogP contribution is 2.00. The Balaban J connectivity index is 2.65. The number of aromatic amines is 1. The van der Waals surface area contributed by atoms with E-state index in [1.165, 1.54) is 4.68 Å². The van der Waals surface area contributed by atoms with Crippen molar-refractivity contribution in [1.29, 1.82) is 0 Å². The Morgan fingerprint density at radius 3 is 2.92 bits per heavy atom. The third-order valence-electron chi connectivity index (χ3n) is 1.61. The number of nitrogens with one attached hydrogen (secondary N) is 1. The highest BCUT2D eigenvalue weighted by atomic mass is 16.2. The number of hydrogen-bond donors (Lipinski definition) is 1. The fourth-order valence-electron chi connectivity index (χ4n) is 1.02. The molecule has 2 heterocycles. The first kappa shape index (κ1) is 6.84. The zero-order valence-electron chi connectivity index (χ0n) is 6.43. The van der Waals surface area contributed by atoms with Gasteiger partial charge in [-0.3, -0.25) is 0 Å². The van der Waals surface area contributed by atoms with Crippen molar-refractivity contribution in [3.63, 3.8) is 0 Å². The van der Waals surface area contributed by atoms with Gasteiger partial charge in [0.2, 0.25) is 0 Å². The topological polar surface area (TPSA) is 68.5 Å². The number of aryl methyl sites for hydroxylation is 1. The molecular formula is C6H7N5O. The van der Waals surface area contributed by atoms with E-state index in [4.69, 9.17) is 0 Å². The monoisotopic (exact) mass is 165 g/mol. The predicted octanol–water partition coefficient (Wildman–Crippen LogP) is -0.706. The lowest BCUT2D eigenvalue weighted by Crippen LogP contribution is -2.18. The molecule has 0 saturated carbocycles. The van der Waals surface area contributed by atoms with Crippen molar-refractivity contribution >= 4 is 0 Å². The third-order valence-corrected chi connectivity index (χ3v) is 1.61. The molecule has 0 unspecified atom stereocenters. The average Bonchev–Trinajstić information content (AvgIpc) is 2.59. The van der Waals surface area contributed by atoms with Gasteiger partial charge < -0.3 is 4.57 Å². The third kappa shape index (κ3) is 0.849. The molecule has 0 aliphatic carbocycles. The summed E-state index contributed by atoms with van der Waals surface area (Å²) in [6.45, 7) is 0. The van der Waals surface area contributed by atoms with Crippen LogP contribution in [0.1, 0.15) is 0 Å². The van der Waals surface area contributed by atoms with E-state index in [1.807, 2.05) is 19.3 Å². The molecule has 62 valence electrons. The first-order chi connectivity index (χ1) is 5.79. The second-order valence-corrected chi connectivity index (χ2v) is 2.40. The lowest BCUT2D eigenvalue weighted by atomic mass is 10.6. The van der Waals surface area contributed by atoms with Gasteiger partial charge in [-0.05, 0) is 22.6 Å². The van der Waals surface area contributed by atoms with Crippen LogP contribution in [0, 0.1) is 0 Å². The summed E-state index contributed by atoms with van der Waals surface area (Å²) in [5, 5.41) is 9.19. The highest BCUT2D eigenvalue weighted by Gasteiger charge is 2.04. The first-order valence-electron chi connectivity index (χ1n) is 3.41. The quantitative estimate of drug-likeness (QED) is 0.607. The SMILES string of the molecule is Cn1cccc1-n1nn[nH]c1=O. The van der Waals surface area contributed by atoms with Gasteiger partial charge in [-0.15, -0.1) is 4.68 Å². The van der Waals surface area contributed by atoms with Crippen molar-refractivity contribution in [2.24, 2.45) is 7.05 Å². The number of rotatable bonds is 1. The minimum absolute atomic E-state index is 0.336. The average molecular weight is 165 g/mol. The van der Waals surface area contributed by atoms with Gasteiger partial charge in [0.05, 0.1) is 0 Å². The molecule has 0 aliphatic rings. The van der Waals surface area contributed by atoms with E-state index in [0.717, 1.165) is 0 Å². The van der Waals surface area contributed by atoms with Crippen molar-refractivity contribution in [3.05, 3.63) is 28.8 Å². The molecule has 0 aliphatic heterocycles. The number of H-pyrrole nitrogens is 1. The standard InChI is InChI=1S/C6H7N5O/c1-10-4-2-3-5(10)11-6(12)7-8-9-11/h2-4H,1H3,(H,7,9,12). The molecule has 0 bridgehead atoms. The maximum absolute atomic E-state index is 11.0. The van der Waals surface area contributed by atoms with Crippen molar-refractivity contribution < 1.29 is 0 Å². The Hall–Kier alpha value is -1.85. The molecule has 0 aromatic carbocycles. The van der Waals surface area contributed by atoms with Crippen LogP contribution in [0.5, 0.6) is 0 Å². The van der Waals surface area contributed by atoms with Crippen LogP contribution in [-0.4, -0.2) is 24.8 Å². The fraction of sp³-hybridized carbons (Fsp3) is 0.167. The lowest BCUT2D eigenvalue weighted by Gasteiger charge is -1.97. The normalized spacial score (nSPS) is 10.4. The molecule has 0 atom stereocenters. The number of nitrogens with zero attached hydrogens (tertiary/aromatic N) is 4. The Bertz CT molecular complexity index is 436. The molecule has 6 heteroatoms. The molecule has 2 rings (SSSR count). The smallest absolute Gasteiger partial charge is 0.336 e. The molecule has 0 spiro atoms. The van der Waals surface area contributed by atoms with Crippen LogP contribution in [0.4, 0.5) is 0 Å². The highest BCUT2D eigenvalue weighted by molar-refractivity contribution is 5.21. The second-order valence-electron chi connectivity index (χ2n) is 2.40. The van der Waals surface area contributed by atoms with Crippen LogP contribution in [-0.2, 0) is 7.05 Å². The van der Waals surface area contributed by atoms with Crippen molar-refractivity contribution in [2.75, 3.05) is 0 Å². The molecule has 1 N–H and O–H groups in total. The summed E-state index contributed by atoms with van der Waals surface area (Å²) in [7, 11) is 1.83. The Labute approximate surface area is 67.4 Å². The van der Waals surface area contributed by atoms with E-state index in [1.54, 1.807) is 10.6 Å². The second kappa shape index (κ2) is 2.33. The molecule has 2 aromatic rings. The molecule has 2 aromatic heterocycles. The maximum atomic E-state index is 11.0. The molecule has 0 saturated heterocycles. The summed E-state index contributed by atoms with van der Waals surface area (Å²) < 4.78 is 2.98. The molecule has 0 fully saturated rings. The van der Waals surface area contributed by atoms with E-state index < -0.39 is 0 Å². The van der Waals surface area contributed by atoms with E-state index in [9.17, 15) is 4.79 Å². The summed E-state index contributed by atoms with van der Waals surface area (Å²) in [6, 6.07) is 3.61. The van der Waals surface area contributed by atoms with Crippen LogP contribution < -0.4 is 5.69 Å². The lowest BCUT2D eigenvalue weighted by molar-refractivity contribution is 0.720. The Morgan fingerprint density at radius 1 is 1.58 bits per heavy atom. The first-order valence-corrected chi connectivity index (χ1v) is 3.41. The van der Waals surface area contributed by atoms with E-state index in [-0.39, 0.29) is 5.69 Å². The summed E-state index contributed by atoms with van der Waals surface area (Å²) in [6.07, 6.45) is 1.83. The number of tetrazole rings is 1. The van der Waals surface area contributed by atoms with Crippen LogP contribution in [0.15, 0.2) is 23.1 Å². The van der Waals surface area contributed by atoms with Gasteiger partial charge in [0.25, 0.3) is 0 Å². The summed E-state index contributed by atoms with van der Waals surface area (Å²) in [5.41, 5.74) is -0.336. The number of hydrogen-bond acceptors (Lipinski definition) is 3. The molecular weight excluding hydrogens is 158 g/mol. The van der Waals surface area contributed by atoms with E-state index >= 15 is 0 Å². The Kier molecular flexibility index (Phi) is 1.33. The summed E-state index contributed by atoms with van der Waals surface area (Å²) >= 11 is 0. The van der Waals surface area contributed by atoms with Crippen molar-refractivity contribution in [3.8, 4) is 5.82 Å². The molecule has 6 nitrogen and oxygen atoms in total. The maximum Gasteiger partial charge on any atom is 0.367 e. The zero-order valence-corrected chi connectivity index (χ0v) is 6.43. The zero-order chi connectivity index (χ0) is 8.55. The fourth-order valence-corrected chi connectivity index (χ4v) is 1.02. The van der Waals surface area contributed by atoms with Gasteiger partial charge in [-0.2, -0.15) is 0 Å². The van der Waals surface area contributed by atoms with Gasteiger partial charge in [0.1, 0.15) is 5.82 Å². The number of aromatic nitrogens is 5. The van der Waals surface area contributed by atoms with Gasteiger partial charge in [0, 0.05) is 13.2 Å². The largest absolute Gasteiger partial charge is 0.367 e.